The van der Waals surface area contributed by atoms with Gasteiger partial charge in [0, 0.05) is 23.5 Å². The van der Waals surface area contributed by atoms with E-state index in [1.165, 1.54) is 6.33 Å². The van der Waals surface area contributed by atoms with E-state index < -0.39 is 11.9 Å². The van der Waals surface area contributed by atoms with Gasteiger partial charge in [-0.3, -0.25) is 4.79 Å². The van der Waals surface area contributed by atoms with Crippen LogP contribution in [0.2, 0.25) is 0 Å². The molecule has 1 amide bonds. The minimum Gasteiger partial charge on any atom is -0.381 e. The molecule has 1 aliphatic heterocycles. The number of aromatic nitrogens is 2. The molecular formula is C18H18N4O2S. The van der Waals surface area contributed by atoms with Crippen LogP contribution in [-0.4, -0.2) is 35.1 Å². The van der Waals surface area contributed by atoms with Crippen LogP contribution in [0.1, 0.15) is 6.42 Å². The summed E-state index contributed by atoms with van der Waals surface area (Å²) in [5.74, 6) is 0.306. The summed E-state index contributed by atoms with van der Waals surface area (Å²) in [5.41, 5.74) is 7.77. The number of amides is 1. The third kappa shape index (κ3) is 3.08. The molecule has 1 saturated heterocycles. The number of nitrogens with zero attached hydrogens (tertiary/aromatic N) is 2. The molecule has 3 heterocycles. The third-order valence-corrected chi connectivity index (χ3v) is 5.38. The van der Waals surface area contributed by atoms with Crippen molar-refractivity contribution in [1.82, 2.24) is 9.97 Å². The summed E-state index contributed by atoms with van der Waals surface area (Å²) in [6.45, 7) is 1.19. The van der Waals surface area contributed by atoms with Crippen molar-refractivity contribution in [3.8, 4) is 11.1 Å². The van der Waals surface area contributed by atoms with Gasteiger partial charge in [-0.2, -0.15) is 0 Å². The average molecular weight is 354 g/mol. The number of fused-ring (bicyclic) bond motifs is 1. The average Bonchev–Trinajstić information content (AvgIpc) is 3.30. The predicted molar refractivity (Wildman–Crippen MR) is 98.4 cm³/mol. The Bertz CT molecular complexity index is 890. The Hall–Kier alpha value is -2.51. The standard InChI is InChI=1S/C18H18N4O2S/c19-16(23)15(12-6-7-24-8-12)22-17-14-13(11-4-2-1-3-5-11)9-25-18(14)21-10-20-17/h1-5,9-10,12,15H,6-8H2,(H2,19,23)(H,20,21,22)/t12-,15+/m1/s1. The minimum absolute atomic E-state index is 0.0568. The lowest BCUT2D eigenvalue weighted by atomic mass is 9.98. The summed E-state index contributed by atoms with van der Waals surface area (Å²) < 4.78 is 5.41. The van der Waals surface area contributed by atoms with E-state index in [0.717, 1.165) is 27.8 Å². The van der Waals surface area contributed by atoms with E-state index in [4.69, 9.17) is 10.5 Å². The molecular weight excluding hydrogens is 336 g/mol. The van der Waals surface area contributed by atoms with Crippen LogP contribution >= 0.6 is 11.3 Å². The molecule has 1 aromatic carbocycles. The highest BCUT2D eigenvalue weighted by molar-refractivity contribution is 7.17. The van der Waals surface area contributed by atoms with Gasteiger partial charge in [-0.15, -0.1) is 11.3 Å². The molecule has 0 radical (unpaired) electrons. The van der Waals surface area contributed by atoms with E-state index in [-0.39, 0.29) is 5.92 Å². The van der Waals surface area contributed by atoms with Gasteiger partial charge in [0.15, 0.2) is 0 Å². The van der Waals surface area contributed by atoms with Crippen molar-refractivity contribution in [2.75, 3.05) is 18.5 Å². The van der Waals surface area contributed by atoms with Crippen LogP contribution in [0.15, 0.2) is 42.0 Å². The van der Waals surface area contributed by atoms with Crippen molar-refractivity contribution in [3.63, 3.8) is 0 Å². The Morgan fingerprint density at radius 2 is 2.16 bits per heavy atom. The first kappa shape index (κ1) is 16.0. The van der Waals surface area contributed by atoms with Crippen LogP contribution in [0.5, 0.6) is 0 Å². The summed E-state index contributed by atoms with van der Waals surface area (Å²) in [6.07, 6.45) is 2.32. The first-order chi connectivity index (χ1) is 12.2. The number of thiophene rings is 1. The van der Waals surface area contributed by atoms with Gasteiger partial charge in [0.2, 0.25) is 5.91 Å². The molecule has 0 saturated carbocycles. The molecule has 128 valence electrons. The lowest BCUT2D eigenvalue weighted by Crippen LogP contribution is -2.42. The van der Waals surface area contributed by atoms with Crippen LogP contribution in [0.25, 0.3) is 21.3 Å². The highest BCUT2D eigenvalue weighted by Gasteiger charge is 2.31. The Labute approximate surface area is 149 Å². The quantitative estimate of drug-likeness (QED) is 0.735. The van der Waals surface area contributed by atoms with Crippen LogP contribution in [0.4, 0.5) is 5.82 Å². The van der Waals surface area contributed by atoms with Crippen molar-refractivity contribution in [1.29, 1.82) is 0 Å². The summed E-state index contributed by atoms with van der Waals surface area (Å²) in [5, 5.41) is 6.25. The van der Waals surface area contributed by atoms with Crippen LogP contribution in [0, 0.1) is 5.92 Å². The van der Waals surface area contributed by atoms with E-state index in [1.54, 1.807) is 11.3 Å². The van der Waals surface area contributed by atoms with E-state index in [0.29, 0.717) is 19.0 Å². The second kappa shape index (κ2) is 6.78. The molecule has 25 heavy (non-hydrogen) atoms. The Morgan fingerprint density at radius 3 is 2.88 bits per heavy atom. The molecule has 0 aliphatic carbocycles. The number of benzene rings is 1. The van der Waals surface area contributed by atoms with Gasteiger partial charge in [-0.05, 0) is 12.0 Å². The number of anilines is 1. The van der Waals surface area contributed by atoms with E-state index in [2.05, 4.69) is 32.8 Å². The van der Waals surface area contributed by atoms with Crippen LogP contribution in [-0.2, 0) is 9.53 Å². The van der Waals surface area contributed by atoms with Crippen molar-refractivity contribution in [3.05, 3.63) is 42.0 Å². The zero-order valence-corrected chi connectivity index (χ0v) is 14.3. The van der Waals surface area contributed by atoms with E-state index in [1.807, 2.05) is 18.2 Å². The number of rotatable bonds is 5. The SMILES string of the molecule is NC(=O)[C@@H](Nc1ncnc2scc(-c3ccccc3)c12)[C@@H]1CCOC1. The highest BCUT2D eigenvalue weighted by Crippen LogP contribution is 2.37. The zero-order chi connectivity index (χ0) is 17.2. The Morgan fingerprint density at radius 1 is 1.32 bits per heavy atom. The lowest BCUT2D eigenvalue weighted by Gasteiger charge is -2.21. The van der Waals surface area contributed by atoms with Gasteiger partial charge >= 0.3 is 0 Å². The topological polar surface area (TPSA) is 90.1 Å². The maximum atomic E-state index is 12.0. The largest absolute Gasteiger partial charge is 0.381 e. The minimum atomic E-state index is -0.510. The summed E-state index contributed by atoms with van der Waals surface area (Å²) in [7, 11) is 0. The lowest BCUT2D eigenvalue weighted by molar-refractivity contribution is -0.119. The Kier molecular flexibility index (Phi) is 4.33. The second-order valence-electron chi connectivity index (χ2n) is 6.07. The van der Waals surface area contributed by atoms with Crippen LogP contribution in [0.3, 0.4) is 0 Å². The first-order valence-electron chi connectivity index (χ1n) is 8.15. The summed E-state index contributed by atoms with van der Waals surface area (Å²) in [4.78, 5) is 21.6. The fraction of sp³-hybridized carbons (Fsp3) is 0.278. The molecule has 2 atom stereocenters. The monoisotopic (exact) mass is 354 g/mol. The number of hydrogen-bond acceptors (Lipinski definition) is 6. The molecule has 0 bridgehead atoms. The number of carbonyl (C=O) groups excluding carboxylic acids is 1. The second-order valence-corrected chi connectivity index (χ2v) is 6.92. The molecule has 4 rings (SSSR count). The van der Waals surface area contributed by atoms with Crippen molar-refractivity contribution < 1.29 is 9.53 Å². The highest BCUT2D eigenvalue weighted by atomic mass is 32.1. The maximum Gasteiger partial charge on any atom is 0.240 e. The Balaban J connectivity index is 1.76. The van der Waals surface area contributed by atoms with E-state index in [9.17, 15) is 4.79 Å². The predicted octanol–water partition coefficient (Wildman–Crippen LogP) is 2.66. The molecule has 7 heteroatoms. The smallest absolute Gasteiger partial charge is 0.240 e. The molecule has 2 aromatic heterocycles. The van der Waals surface area contributed by atoms with Gasteiger partial charge in [0.05, 0.1) is 12.0 Å². The zero-order valence-electron chi connectivity index (χ0n) is 13.5. The molecule has 3 N–H and O–H groups in total. The first-order valence-corrected chi connectivity index (χ1v) is 9.03. The number of primary amides is 1. The fourth-order valence-electron chi connectivity index (χ4n) is 3.20. The molecule has 1 fully saturated rings. The molecule has 1 aliphatic rings. The molecule has 6 nitrogen and oxygen atoms in total. The molecule has 3 aromatic rings. The van der Waals surface area contributed by atoms with Gasteiger partial charge in [-0.25, -0.2) is 9.97 Å². The summed E-state index contributed by atoms with van der Waals surface area (Å²) >= 11 is 1.56. The normalized spacial score (nSPS) is 18.3. The van der Waals surface area contributed by atoms with Gasteiger partial charge < -0.3 is 15.8 Å². The molecule has 0 unspecified atom stereocenters. The number of nitrogens with one attached hydrogen (secondary N) is 1. The van der Waals surface area contributed by atoms with Crippen molar-refractivity contribution >= 4 is 33.3 Å². The number of hydrogen-bond donors (Lipinski definition) is 2. The van der Waals surface area contributed by atoms with Crippen molar-refractivity contribution in [2.45, 2.75) is 12.5 Å². The van der Waals surface area contributed by atoms with E-state index >= 15 is 0 Å². The maximum absolute atomic E-state index is 12.0. The van der Waals surface area contributed by atoms with Gasteiger partial charge in [0.1, 0.15) is 23.0 Å². The number of nitrogens with two attached hydrogens (primary N) is 1. The summed E-state index contributed by atoms with van der Waals surface area (Å²) in [6, 6.07) is 9.57. The van der Waals surface area contributed by atoms with Gasteiger partial charge in [-0.1, -0.05) is 30.3 Å². The van der Waals surface area contributed by atoms with Gasteiger partial charge in [0.25, 0.3) is 0 Å². The number of carbonyl (C=O) groups is 1. The number of ether oxygens (including phenoxy) is 1. The molecule has 0 spiro atoms. The third-order valence-electron chi connectivity index (χ3n) is 4.49. The fourth-order valence-corrected chi connectivity index (χ4v) is 4.11. The van der Waals surface area contributed by atoms with Crippen LogP contribution < -0.4 is 11.1 Å². The van der Waals surface area contributed by atoms with Crippen molar-refractivity contribution in [2.24, 2.45) is 11.7 Å².